The van der Waals surface area contributed by atoms with E-state index in [4.69, 9.17) is 10.2 Å². The van der Waals surface area contributed by atoms with Crippen LogP contribution in [0.3, 0.4) is 0 Å². The molecule has 0 atom stereocenters. The summed E-state index contributed by atoms with van der Waals surface area (Å²) in [5, 5.41) is 18.2. The third-order valence-electron chi connectivity index (χ3n) is 7.43. The van der Waals surface area contributed by atoms with E-state index in [2.05, 4.69) is 27.9 Å². The van der Waals surface area contributed by atoms with Gasteiger partial charge >= 0.3 is 11.9 Å². The molecule has 7 heteroatoms. The number of hydrogen-bond acceptors (Lipinski definition) is 4. The number of carbonyl (C=O) groups is 2. The molecular formula is C34H54NO4S2+. The van der Waals surface area contributed by atoms with Crippen LogP contribution in [0.4, 0.5) is 0 Å². The van der Waals surface area contributed by atoms with Crippen molar-refractivity contribution in [3.05, 3.63) is 59.7 Å². The smallest absolute Gasteiger partial charge is 0.336 e. The molecule has 2 aromatic carbocycles. The number of carboxylic acids is 2. The molecule has 2 rings (SSSR count). The summed E-state index contributed by atoms with van der Waals surface area (Å²) < 4.78 is 1.19. The molecule has 0 fully saturated rings. The standard InChI is InChI=1S/C20H44N.C14H10O4S2/c1-5-7-8-9-10-11-12-13-14-15-16-17-18-19-20-21(3,4)6-2;15-13(16)9-5-1-3-7-11(9)19-20-12-8-4-2-6-10(12)14(17)18/h5-20H2,1-4H3;1-8H,(H,15,16)(H,17,18)/q+1;. The highest BCUT2D eigenvalue weighted by atomic mass is 33.1. The van der Waals surface area contributed by atoms with Gasteiger partial charge in [0, 0.05) is 9.79 Å². The number of rotatable bonds is 21. The Morgan fingerprint density at radius 1 is 0.585 bits per heavy atom. The highest BCUT2D eigenvalue weighted by Crippen LogP contribution is 2.40. The Kier molecular flexibility index (Phi) is 20.4. The first-order valence-corrected chi connectivity index (χ1v) is 17.7. The lowest BCUT2D eigenvalue weighted by atomic mass is 10.0. The van der Waals surface area contributed by atoms with Crippen molar-refractivity contribution >= 4 is 33.5 Å². The van der Waals surface area contributed by atoms with Crippen LogP contribution in [-0.4, -0.2) is 53.8 Å². The van der Waals surface area contributed by atoms with Crippen molar-refractivity contribution in [2.75, 3.05) is 27.2 Å². The quantitative estimate of drug-likeness (QED) is 0.0839. The van der Waals surface area contributed by atoms with E-state index in [1.807, 2.05) is 0 Å². The van der Waals surface area contributed by atoms with Crippen molar-refractivity contribution < 1.29 is 24.3 Å². The summed E-state index contributed by atoms with van der Waals surface area (Å²) in [6, 6.07) is 13.3. The molecule has 0 spiro atoms. The van der Waals surface area contributed by atoms with Gasteiger partial charge in [-0.25, -0.2) is 9.59 Å². The first-order chi connectivity index (χ1) is 19.7. The Morgan fingerprint density at radius 3 is 1.27 bits per heavy atom. The normalized spacial score (nSPS) is 11.1. The molecule has 0 aromatic heterocycles. The van der Waals surface area contributed by atoms with Gasteiger partial charge in [0.15, 0.2) is 0 Å². The third kappa shape index (κ3) is 17.6. The molecule has 0 bridgehead atoms. The zero-order valence-corrected chi connectivity index (χ0v) is 27.5. The zero-order chi connectivity index (χ0) is 30.3. The van der Waals surface area contributed by atoms with Gasteiger partial charge in [0.2, 0.25) is 0 Å². The summed E-state index contributed by atoms with van der Waals surface area (Å²) >= 11 is 0. The maximum absolute atomic E-state index is 11.1. The van der Waals surface area contributed by atoms with Crippen molar-refractivity contribution in [1.82, 2.24) is 0 Å². The van der Waals surface area contributed by atoms with Crippen molar-refractivity contribution in [3.8, 4) is 0 Å². The van der Waals surface area contributed by atoms with Crippen LogP contribution in [0.5, 0.6) is 0 Å². The number of hydrogen-bond donors (Lipinski definition) is 2. The molecular weight excluding hydrogens is 551 g/mol. The summed E-state index contributed by atoms with van der Waals surface area (Å²) in [6.45, 7) is 7.21. The highest BCUT2D eigenvalue weighted by Gasteiger charge is 2.14. The second-order valence-corrected chi connectivity index (χ2v) is 13.6. The first kappa shape index (κ1) is 37.1. The Balaban J connectivity index is 0.000000410. The van der Waals surface area contributed by atoms with Crippen LogP contribution in [0.1, 0.15) is 124 Å². The molecule has 0 aliphatic carbocycles. The number of benzene rings is 2. The summed E-state index contributed by atoms with van der Waals surface area (Å²) in [5.41, 5.74) is 0.413. The van der Waals surface area contributed by atoms with E-state index in [1.165, 1.54) is 141 Å². The van der Waals surface area contributed by atoms with Crippen LogP contribution >= 0.6 is 21.6 Å². The number of aromatic carboxylic acids is 2. The van der Waals surface area contributed by atoms with Gasteiger partial charge in [0.25, 0.3) is 0 Å². The SMILES string of the molecule is CCCCCCCCCCCCCCCC[N+](C)(C)CC.O=C(O)c1ccccc1SSc1ccccc1C(=O)O. The maximum Gasteiger partial charge on any atom is 0.336 e. The number of nitrogens with zero attached hydrogens (tertiary/aromatic N) is 1. The lowest BCUT2D eigenvalue weighted by Gasteiger charge is -2.28. The van der Waals surface area contributed by atoms with Gasteiger partial charge < -0.3 is 14.7 Å². The average molecular weight is 605 g/mol. The van der Waals surface area contributed by atoms with Crippen LogP contribution in [0.25, 0.3) is 0 Å². The minimum atomic E-state index is -1.000. The van der Waals surface area contributed by atoms with Crippen LogP contribution in [0, 0.1) is 0 Å². The van der Waals surface area contributed by atoms with Crippen molar-refractivity contribution in [1.29, 1.82) is 0 Å². The molecule has 0 unspecified atom stereocenters. The van der Waals surface area contributed by atoms with Crippen molar-refractivity contribution in [2.24, 2.45) is 0 Å². The van der Waals surface area contributed by atoms with Gasteiger partial charge in [-0.2, -0.15) is 0 Å². The fraction of sp³-hybridized carbons (Fsp3) is 0.588. The molecule has 230 valence electrons. The molecule has 5 nitrogen and oxygen atoms in total. The first-order valence-electron chi connectivity index (χ1n) is 15.5. The summed E-state index contributed by atoms with van der Waals surface area (Å²) in [7, 11) is 7.16. The van der Waals surface area contributed by atoms with E-state index in [9.17, 15) is 9.59 Å². The Bertz CT molecular complexity index is 939. The fourth-order valence-corrected chi connectivity index (χ4v) is 6.76. The molecule has 0 radical (unpaired) electrons. The molecule has 2 N–H and O–H groups in total. The van der Waals surface area contributed by atoms with Gasteiger partial charge in [-0.1, -0.05) is 130 Å². The molecule has 0 saturated carbocycles. The number of quaternary nitrogens is 1. The second kappa shape index (κ2) is 22.6. The monoisotopic (exact) mass is 604 g/mol. The van der Waals surface area contributed by atoms with E-state index in [0.717, 1.165) is 0 Å². The van der Waals surface area contributed by atoms with Gasteiger partial charge in [0.05, 0.1) is 38.3 Å². The topological polar surface area (TPSA) is 74.6 Å². The third-order valence-corrected chi connectivity index (χ3v) is 9.91. The second-order valence-electron chi connectivity index (χ2n) is 11.3. The Labute approximate surface area is 257 Å². The van der Waals surface area contributed by atoms with Crippen LogP contribution < -0.4 is 0 Å². The van der Waals surface area contributed by atoms with Gasteiger partial charge in [-0.05, 0) is 44.0 Å². The largest absolute Gasteiger partial charge is 0.478 e. The lowest BCUT2D eigenvalue weighted by Crippen LogP contribution is -2.39. The molecule has 0 amide bonds. The summed E-state index contributed by atoms with van der Waals surface area (Å²) in [4.78, 5) is 23.4. The van der Waals surface area contributed by atoms with Gasteiger partial charge in [-0.3, -0.25) is 0 Å². The molecule has 0 heterocycles. The van der Waals surface area contributed by atoms with Crippen molar-refractivity contribution in [2.45, 2.75) is 114 Å². The van der Waals surface area contributed by atoms with Crippen LogP contribution in [0.15, 0.2) is 58.3 Å². The maximum atomic E-state index is 11.1. The minimum absolute atomic E-state index is 0.206. The van der Waals surface area contributed by atoms with E-state index >= 15 is 0 Å². The highest BCUT2D eigenvalue weighted by molar-refractivity contribution is 8.76. The zero-order valence-electron chi connectivity index (χ0n) is 25.9. The predicted octanol–water partition coefficient (Wildman–Crippen LogP) is 10.4. The molecule has 0 aliphatic heterocycles. The number of unbranched alkanes of at least 4 members (excludes halogenated alkanes) is 13. The lowest BCUT2D eigenvalue weighted by molar-refractivity contribution is -0.888. The molecule has 41 heavy (non-hydrogen) atoms. The molecule has 0 aliphatic rings. The summed E-state index contributed by atoms with van der Waals surface area (Å²) in [6.07, 6.45) is 20.4. The fourth-order valence-electron chi connectivity index (χ4n) is 4.41. The average Bonchev–Trinajstić information content (AvgIpc) is 2.96. The van der Waals surface area contributed by atoms with E-state index in [1.54, 1.807) is 36.4 Å². The Hall–Kier alpha value is -1.96. The number of carboxylic acid groups (broad SMARTS) is 2. The van der Waals surface area contributed by atoms with E-state index < -0.39 is 11.9 Å². The minimum Gasteiger partial charge on any atom is -0.478 e. The molecule has 2 aromatic rings. The van der Waals surface area contributed by atoms with Gasteiger partial charge in [-0.15, -0.1) is 0 Å². The van der Waals surface area contributed by atoms with E-state index in [0.29, 0.717) is 9.79 Å². The molecule has 0 saturated heterocycles. The van der Waals surface area contributed by atoms with Gasteiger partial charge in [0.1, 0.15) is 0 Å². The van der Waals surface area contributed by atoms with Crippen LogP contribution in [0.2, 0.25) is 0 Å². The summed E-state index contributed by atoms with van der Waals surface area (Å²) in [5.74, 6) is -2.00. The van der Waals surface area contributed by atoms with E-state index in [-0.39, 0.29) is 11.1 Å². The van der Waals surface area contributed by atoms with Crippen molar-refractivity contribution in [3.63, 3.8) is 0 Å². The Morgan fingerprint density at radius 2 is 0.927 bits per heavy atom. The van der Waals surface area contributed by atoms with Crippen LogP contribution in [-0.2, 0) is 0 Å². The predicted molar refractivity (Wildman–Crippen MR) is 176 cm³/mol.